The Morgan fingerprint density at radius 3 is 2.69 bits per heavy atom. The topological polar surface area (TPSA) is 58.3 Å². The lowest BCUT2D eigenvalue weighted by molar-refractivity contribution is 0.180. The van der Waals surface area contributed by atoms with E-state index >= 15 is 0 Å². The van der Waals surface area contributed by atoms with E-state index in [9.17, 15) is 0 Å². The van der Waals surface area contributed by atoms with Crippen LogP contribution in [-0.2, 0) is 6.42 Å². The number of nitrogens with zero attached hydrogens (tertiary/aromatic N) is 4. The largest absolute Gasteiger partial charge is 0.368 e. The summed E-state index contributed by atoms with van der Waals surface area (Å²) in [6, 6.07) is 10.7. The molecule has 0 saturated carbocycles. The molecule has 2 N–H and O–H groups in total. The van der Waals surface area contributed by atoms with Gasteiger partial charge in [0.1, 0.15) is 5.82 Å². The zero-order valence-electron chi connectivity index (χ0n) is 15.7. The predicted octanol–water partition coefficient (Wildman–Crippen LogP) is 3.06. The number of nitrogens with two attached hydrogens (primary N) is 1. The van der Waals surface area contributed by atoms with E-state index < -0.39 is 0 Å². The molecule has 2 heterocycles. The molecular weight excluding hydrogens is 322 g/mol. The molecule has 4 rings (SSSR count). The van der Waals surface area contributed by atoms with Crippen molar-refractivity contribution in [3.8, 4) is 0 Å². The highest BCUT2D eigenvalue weighted by Crippen LogP contribution is 2.39. The molecule has 0 amide bonds. The van der Waals surface area contributed by atoms with E-state index in [4.69, 9.17) is 5.73 Å². The molecule has 26 heavy (non-hydrogen) atoms. The van der Waals surface area contributed by atoms with Gasteiger partial charge in [-0.3, -0.25) is 0 Å². The summed E-state index contributed by atoms with van der Waals surface area (Å²) in [6.07, 6.45) is 5.87. The number of rotatable bonds is 6. The maximum absolute atomic E-state index is 6.11. The van der Waals surface area contributed by atoms with Gasteiger partial charge in [-0.05, 0) is 57.3 Å². The number of fused-ring (bicyclic) bond motifs is 1. The van der Waals surface area contributed by atoms with Crippen LogP contribution in [0.15, 0.2) is 30.3 Å². The van der Waals surface area contributed by atoms with E-state index in [0.29, 0.717) is 11.9 Å². The average molecular weight is 351 g/mol. The van der Waals surface area contributed by atoms with Crippen molar-refractivity contribution in [1.29, 1.82) is 0 Å². The van der Waals surface area contributed by atoms with Gasteiger partial charge in [0.2, 0.25) is 5.95 Å². The second kappa shape index (κ2) is 7.62. The van der Waals surface area contributed by atoms with Crippen LogP contribution in [0.25, 0.3) is 0 Å². The number of hydrogen-bond acceptors (Lipinski definition) is 5. The van der Waals surface area contributed by atoms with Crippen LogP contribution in [0.1, 0.15) is 48.4 Å². The second-order valence-corrected chi connectivity index (χ2v) is 7.60. The molecule has 138 valence electrons. The Bertz CT molecular complexity index is 742. The van der Waals surface area contributed by atoms with Crippen LogP contribution in [0.4, 0.5) is 11.8 Å². The molecule has 0 bridgehead atoms. The minimum atomic E-state index is 0.332. The molecule has 1 aromatic carbocycles. The number of likely N-dealkylation sites (tertiary alicyclic amines) is 1. The summed E-state index contributed by atoms with van der Waals surface area (Å²) >= 11 is 0. The Hall–Kier alpha value is -2.14. The molecule has 1 fully saturated rings. The van der Waals surface area contributed by atoms with Crippen LogP contribution >= 0.6 is 0 Å². The lowest BCUT2D eigenvalue weighted by atomic mass is 9.82. The van der Waals surface area contributed by atoms with Gasteiger partial charge in [0.25, 0.3) is 0 Å². The molecule has 2 aromatic rings. The molecule has 5 nitrogen and oxygen atoms in total. The zero-order chi connectivity index (χ0) is 17.9. The van der Waals surface area contributed by atoms with E-state index in [1.54, 1.807) is 0 Å². The van der Waals surface area contributed by atoms with E-state index in [1.165, 1.54) is 43.6 Å². The number of nitrogen functional groups attached to an aromatic ring is 1. The van der Waals surface area contributed by atoms with Crippen LogP contribution < -0.4 is 10.6 Å². The number of benzene rings is 1. The average Bonchev–Trinajstić information content (AvgIpc) is 2.63. The maximum Gasteiger partial charge on any atom is 0.222 e. The van der Waals surface area contributed by atoms with Crippen molar-refractivity contribution in [2.75, 3.05) is 43.9 Å². The second-order valence-electron chi connectivity index (χ2n) is 7.60. The van der Waals surface area contributed by atoms with E-state index in [-0.39, 0.29) is 0 Å². The minimum absolute atomic E-state index is 0.332. The molecule has 1 aliphatic heterocycles. The van der Waals surface area contributed by atoms with E-state index in [2.05, 4.69) is 57.1 Å². The van der Waals surface area contributed by atoms with Crippen LogP contribution in [0.3, 0.4) is 0 Å². The summed E-state index contributed by atoms with van der Waals surface area (Å²) in [6.45, 7) is 4.71. The van der Waals surface area contributed by atoms with Gasteiger partial charge in [-0.15, -0.1) is 0 Å². The Balaban J connectivity index is 1.57. The summed E-state index contributed by atoms with van der Waals surface area (Å²) in [7, 11) is 2.14. The third kappa shape index (κ3) is 3.54. The van der Waals surface area contributed by atoms with Gasteiger partial charge in [-0.2, -0.15) is 4.98 Å². The van der Waals surface area contributed by atoms with Gasteiger partial charge < -0.3 is 15.5 Å². The first-order valence-corrected chi connectivity index (χ1v) is 9.87. The monoisotopic (exact) mass is 351 g/mol. The smallest absolute Gasteiger partial charge is 0.222 e. The maximum atomic E-state index is 6.11. The normalized spacial score (nSPS) is 19.7. The lowest BCUT2D eigenvalue weighted by Crippen LogP contribution is -2.39. The Morgan fingerprint density at radius 2 is 1.96 bits per heavy atom. The molecule has 0 spiro atoms. The summed E-state index contributed by atoms with van der Waals surface area (Å²) in [5.41, 5.74) is 9.88. The minimum Gasteiger partial charge on any atom is -0.368 e. The van der Waals surface area contributed by atoms with Gasteiger partial charge in [-0.25, -0.2) is 4.98 Å². The molecule has 1 saturated heterocycles. The Labute approximate surface area is 156 Å². The van der Waals surface area contributed by atoms with Gasteiger partial charge >= 0.3 is 0 Å². The lowest BCUT2D eigenvalue weighted by Gasteiger charge is -2.32. The number of anilines is 2. The fourth-order valence-electron chi connectivity index (χ4n) is 4.22. The molecular formula is C21H29N5. The number of hydrogen-bond donors (Lipinski definition) is 1. The van der Waals surface area contributed by atoms with Crippen molar-refractivity contribution in [2.24, 2.45) is 0 Å². The van der Waals surface area contributed by atoms with Gasteiger partial charge in [0.05, 0.1) is 5.69 Å². The van der Waals surface area contributed by atoms with Gasteiger partial charge in [0, 0.05) is 25.1 Å². The summed E-state index contributed by atoms with van der Waals surface area (Å²) in [5, 5.41) is 0. The van der Waals surface area contributed by atoms with Gasteiger partial charge in [0.15, 0.2) is 0 Å². The zero-order valence-corrected chi connectivity index (χ0v) is 15.7. The molecule has 0 radical (unpaired) electrons. The summed E-state index contributed by atoms with van der Waals surface area (Å²) in [5.74, 6) is 1.77. The highest BCUT2D eigenvalue weighted by molar-refractivity contribution is 5.54. The first kappa shape index (κ1) is 17.3. The van der Waals surface area contributed by atoms with Crippen LogP contribution in [0, 0.1) is 0 Å². The first-order valence-electron chi connectivity index (χ1n) is 9.87. The molecule has 1 aromatic heterocycles. The highest BCUT2D eigenvalue weighted by Gasteiger charge is 2.28. The summed E-state index contributed by atoms with van der Waals surface area (Å²) in [4.78, 5) is 14.1. The Kier molecular flexibility index (Phi) is 5.07. The van der Waals surface area contributed by atoms with E-state index in [1.807, 2.05) is 0 Å². The molecule has 2 aliphatic rings. The standard InChI is InChI=1S/C21H29N5/c1-25(12-6-13-26-14-7-15-26)20-18-11-5-10-17(16-8-3-2-4-9-16)19(18)23-21(22)24-20/h2-4,8-9,17H,5-7,10-15H2,1H3,(H2,22,23,24). The fraction of sp³-hybridized carbons (Fsp3) is 0.524. The molecule has 5 heteroatoms. The van der Waals surface area contributed by atoms with Crippen LogP contribution in [-0.4, -0.2) is 48.1 Å². The van der Waals surface area contributed by atoms with Gasteiger partial charge in [-0.1, -0.05) is 30.3 Å². The number of aromatic nitrogens is 2. The van der Waals surface area contributed by atoms with Crippen LogP contribution in [0.5, 0.6) is 0 Å². The fourth-order valence-corrected chi connectivity index (χ4v) is 4.22. The van der Waals surface area contributed by atoms with E-state index in [0.717, 1.165) is 37.3 Å². The van der Waals surface area contributed by atoms with Crippen molar-refractivity contribution in [3.63, 3.8) is 0 Å². The third-order valence-electron chi connectivity index (χ3n) is 5.76. The van der Waals surface area contributed by atoms with Crippen molar-refractivity contribution in [1.82, 2.24) is 14.9 Å². The third-order valence-corrected chi connectivity index (χ3v) is 5.76. The molecule has 1 unspecified atom stereocenters. The highest BCUT2D eigenvalue weighted by atomic mass is 15.2. The molecule has 1 aliphatic carbocycles. The van der Waals surface area contributed by atoms with Crippen LogP contribution in [0.2, 0.25) is 0 Å². The quantitative estimate of drug-likeness (QED) is 0.867. The SMILES string of the molecule is CN(CCCN1CCC1)c1nc(N)nc2c1CCCC2c1ccccc1. The van der Waals surface area contributed by atoms with Crippen molar-refractivity contribution >= 4 is 11.8 Å². The Morgan fingerprint density at radius 1 is 1.15 bits per heavy atom. The predicted molar refractivity (Wildman–Crippen MR) is 107 cm³/mol. The van der Waals surface area contributed by atoms with Crippen molar-refractivity contribution in [2.45, 2.75) is 38.0 Å². The van der Waals surface area contributed by atoms with Crippen molar-refractivity contribution in [3.05, 3.63) is 47.2 Å². The first-order chi connectivity index (χ1) is 12.7. The molecule has 1 atom stereocenters. The summed E-state index contributed by atoms with van der Waals surface area (Å²) < 4.78 is 0. The van der Waals surface area contributed by atoms with Crippen molar-refractivity contribution < 1.29 is 0 Å².